The van der Waals surface area contributed by atoms with Gasteiger partial charge in [0.2, 0.25) is 0 Å². The van der Waals surface area contributed by atoms with Gasteiger partial charge in [0.25, 0.3) is 0 Å². The molecule has 3 heteroatoms. The molecule has 0 saturated heterocycles. The van der Waals surface area contributed by atoms with Crippen molar-refractivity contribution in [3.05, 3.63) is 0 Å². The van der Waals surface area contributed by atoms with Crippen molar-refractivity contribution in [1.82, 2.24) is 0 Å². The summed E-state index contributed by atoms with van der Waals surface area (Å²) in [5.41, 5.74) is 0.123. The summed E-state index contributed by atoms with van der Waals surface area (Å²) in [5.74, 6) is 5.09. The van der Waals surface area contributed by atoms with Crippen molar-refractivity contribution >= 4 is 15.0 Å². The van der Waals surface area contributed by atoms with Crippen molar-refractivity contribution in [2.24, 2.45) is 46.3 Å². The molecule has 2 nitrogen and oxygen atoms in total. The van der Waals surface area contributed by atoms with Gasteiger partial charge in [-0.25, -0.2) is 0 Å². The van der Waals surface area contributed by atoms with Crippen molar-refractivity contribution in [2.75, 3.05) is 7.11 Å². The van der Waals surface area contributed by atoms with E-state index in [4.69, 9.17) is 4.74 Å². The molecule has 4 rings (SSSR count). The Bertz CT molecular complexity index is 695. The van der Waals surface area contributed by atoms with E-state index in [0.717, 1.165) is 48.3 Å². The maximum atomic E-state index is 12.6. The number of hydrogen-bond acceptors (Lipinski definition) is 2. The second-order valence-corrected chi connectivity index (χ2v) is 17.0. The van der Waals surface area contributed by atoms with E-state index in [1.165, 1.54) is 75.9 Å². The molecule has 4 aliphatic carbocycles. The molecule has 0 bridgehead atoms. The van der Waals surface area contributed by atoms with Crippen LogP contribution in [-0.4, -0.2) is 38.9 Å². The molecule has 0 radical (unpaired) electrons. The van der Waals surface area contributed by atoms with Gasteiger partial charge >= 0.3 is 225 Å². The molecule has 0 aromatic carbocycles. The molecule has 0 aliphatic heterocycles. The second-order valence-electron chi connectivity index (χ2n) is 14.3. The number of methoxy groups -OCH3 is 1. The Kier molecular flexibility index (Phi) is 9.17. The van der Waals surface area contributed by atoms with Gasteiger partial charge in [0.05, 0.1) is 0 Å². The van der Waals surface area contributed by atoms with Crippen LogP contribution in [0.1, 0.15) is 125 Å². The van der Waals surface area contributed by atoms with Gasteiger partial charge in [-0.2, -0.15) is 0 Å². The summed E-state index contributed by atoms with van der Waals surface area (Å²) in [6, 6.07) is 0. The summed E-state index contributed by atoms with van der Waals surface area (Å²) in [7, 11) is 1.87. The molecule has 4 aliphatic rings. The van der Waals surface area contributed by atoms with E-state index in [-0.39, 0.29) is 11.5 Å². The van der Waals surface area contributed by atoms with E-state index in [1.807, 2.05) is 7.11 Å². The van der Waals surface area contributed by atoms with Crippen molar-refractivity contribution in [3.8, 4) is 0 Å². The zero-order chi connectivity index (χ0) is 25.4. The quantitative estimate of drug-likeness (QED) is 0.217. The molecule has 0 heterocycles. The minimum atomic E-state index is -0.503. The van der Waals surface area contributed by atoms with Crippen LogP contribution in [0, 0.1) is 46.3 Å². The summed E-state index contributed by atoms with van der Waals surface area (Å²) in [6.45, 7) is 14.9. The SMILES string of the molecule is CCCC[Se][C@@H]1C[C@H]2[C@@H]3CC[C@H]([C@H](C)CCCC(C)C)[C@@]3(C)CC[C@@H]2[C@@]2(C)CC[C@H](OC)C[C@]12O. The first-order valence-electron chi connectivity index (χ1n) is 15.5. The van der Waals surface area contributed by atoms with Crippen LogP contribution in [0.2, 0.25) is 10.1 Å². The molecule has 0 amide bonds. The number of ether oxygens (including phenoxy) is 1. The summed E-state index contributed by atoms with van der Waals surface area (Å²) in [4.78, 5) is 0.524. The Labute approximate surface area is 224 Å². The average molecular weight is 554 g/mol. The van der Waals surface area contributed by atoms with E-state index in [0.29, 0.717) is 25.2 Å². The third-order valence-corrected chi connectivity index (χ3v) is 15.3. The fourth-order valence-corrected chi connectivity index (χ4v) is 13.7. The number of hydrogen-bond donors (Lipinski definition) is 1. The Balaban J connectivity index is 1.56. The number of fused-ring (bicyclic) bond motifs is 5. The molecule has 10 atom stereocenters. The predicted molar refractivity (Wildman–Crippen MR) is 150 cm³/mol. The Hall–Kier alpha value is 0.439. The summed E-state index contributed by atoms with van der Waals surface area (Å²) >= 11 is 0.544. The van der Waals surface area contributed by atoms with Gasteiger partial charge in [-0.3, -0.25) is 0 Å². The molecule has 0 aromatic rings. The molecule has 0 aromatic heterocycles. The van der Waals surface area contributed by atoms with Crippen molar-refractivity contribution in [1.29, 1.82) is 0 Å². The first-order chi connectivity index (χ1) is 16.6. The Morgan fingerprint density at radius 2 is 1.74 bits per heavy atom. The third kappa shape index (κ3) is 5.08. The fourth-order valence-electron chi connectivity index (χ4n) is 10.0. The molecular formula is C32H58O2Se. The molecular weight excluding hydrogens is 495 g/mol. The maximum absolute atomic E-state index is 12.6. The van der Waals surface area contributed by atoms with Gasteiger partial charge in [-0.15, -0.1) is 0 Å². The van der Waals surface area contributed by atoms with Gasteiger partial charge in [-0.05, 0) is 0 Å². The topological polar surface area (TPSA) is 29.5 Å². The van der Waals surface area contributed by atoms with Crippen LogP contribution in [-0.2, 0) is 4.74 Å². The van der Waals surface area contributed by atoms with E-state index < -0.39 is 5.60 Å². The minimum absolute atomic E-state index is 0.0892. The summed E-state index contributed by atoms with van der Waals surface area (Å²) < 4.78 is 5.88. The Morgan fingerprint density at radius 3 is 2.43 bits per heavy atom. The first kappa shape index (κ1) is 28.4. The number of rotatable bonds is 10. The number of unbranched alkanes of at least 4 members (excludes halogenated alkanes) is 1. The monoisotopic (exact) mass is 554 g/mol. The molecule has 0 unspecified atom stereocenters. The molecule has 1 N–H and O–H groups in total. The molecule has 204 valence electrons. The van der Waals surface area contributed by atoms with Crippen LogP contribution in [0.15, 0.2) is 0 Å². The molecule has 4 fully saturated rings. The zero-order valence-electron chi connectivity index (χ0n) is 24.3. The Morgan fingerprint density at radius 1 is 0.971 bits per heavy atom. The molecule has 0 spiro atoms. The van der Waals surface area contributed by atoms with Crippen molar-refractivity contribution in [2.45, 2.75) is 147 Å². The third-order valence-electron chi connectivity index (χ3n) is 12.1. The normalized spacial score (nSPS) is 46.2. The van der Waals surface area contributed by atoms with Gasteiger partial charge in [0.1, 0.15) is 0 Å². The van der Waals surface area contributed by atoms with Crippen molar-refractivity contribution in [3.63, 3.8) is 0 Å². The van der Waals surface area contributed by atoms with Gasteiger partial charge in [0, 0.05) is 0 Å². The van der Waals surface area contributed by atoms with Crippen LogP contribution < -0.4 is 0 Å². The predicted octanol–water partition coefficient (Wildman–Crippen LogP) is 8.56. The van der Waals surface area contributed by atoms with Crippen LogP contribution >= 0.6 is 0 Å². The standard InChI is InChI=1S/C32H58O2Se/c1-8-9-19-35-29-20-25-27-14-13-26(23(4)12-10-11-22(2)3)30(27,5)17-16-28(25)31(6)18-15-24(34-7)21-32(29,31)33/h22-29,33H,8-21H2,1-7H3/t23-,24+,25+,26-,27+,28+,29-,30-,31-,32+/m1/s1. The van der Waals surface area contributed by atoms with Gasteiger partial charge in [-0.1, -0.05) is 0 Å². The summed E-state index contributed by atoms with van der Waals surface area (Å²) in [6.07, 6.45) is 17.3. The van der Waals surface area contributed by atoms with E-state index in [1.54, 1.807) is 0 Å². The summed E-state index contributed by atoms with van der Waals surface area (Å²) in [5, 5.41) is 13.9. The second kappa shape index (κ2) is 11.3. The number of aliphatic hydroxyl groups is 1. The zero-order valence-corrected chi connectivity index (χ0v) is 26.0. The van der Waals surface area contributed by atoms with Crippen LogP contribution in [0.3, 0.4) is 0 Å². The van der Waals surface area contributed by atoms with Gasteiger partial charge < -0.3 is 0 Å². The van der Waals surface area contributed by atoms with E-state index in [9.17, 15) is 5.11 Å². The van der Waals surface area contributed by atoms with Crippen molar-refractivity contribution < 1.29 is 9.84 Å². The van der Waals surface area contributed by atoms with Gasteiger partial charge in [0.15, 0.2) is 0 Å². The van der Waals surface area contributed by atoms with Crippen LogP contribution in [0.5, 0.6) is 0 Å². The van der Waals surface area contributed by atoms with E-state index >= 15 is 0 Å². The van der Waals surface area contributed by atoms with Crippen LogP contribution in [0.25, 0.3) is 0 Å². The molecule has 35 heavy (non-hydrogen) atoms. The van der Waals surface area contributed by atoms with Crippen LogP contribution in [0.4, 0.5) is 0 Å². The fraction of sp³-hybridized carbons (Fsp3) is 1.00. The van der Waals surface area contributed by atoms with E-state index in [2.05, 4.69) is 41.5 Å². The molecule has 4 saturated carbocycles. The first-order valence-corrected chi connectivity index (χ1v) is 17.7. The average Bonchev–Trinajstić information content (AvgIpc) is 3.17.